The van der Waals surface area contributed by atoms with Crippen molar-refractivity contribution in [1.82, 2.24) is 0 Å². The molecule has 0 amide bonds. The van der Waals surface area contributed by atoms with Gasteiger partial charge in [-0.1, -0.05) is 0 Å². The Bertz CT molecular complexity index is 423. The van der Waals surface area contributed by atoms with Gasteiger partial charge in [0.1, 0.15) is 5.75 Å². The molecular formula is C13H16O4. The van der Waals surface area contributed by atoms with Crippen molar-refractivity contribution in [3.8, 4) is 5.75 Å². The Hall–Kier alpha value is -1.84. The third-order valence-corrected chi connectivity index (χ3v) is 2.53. The van der Waals surface area contributed by atoms with Crippen molar-refractivity contribution < 1.29 is 19.4 Å². The number of aryl methyl sites for hydroxylation is 1. The van der Waals surface area contributed by atoms with Gasteiger partial charge in [-0.3, -0.25) is 9.59 Å². The molecule has 0 aliphatic rings. The fraction of sp³-hybridized carbons (Fsp3) is 0.385. The second-order valence-electron chi connectivity index (χ2n) is 3.85. The zero-order valence-electron chi connectivity index (χ0n) is 10.0. The van der Waals surface area contributed by atoms with Crippen molar-refractivity contribution in [2.45, 2.75) is 26.2 Å². The lowest BCUT2D eigenvalue weighted by Gasteiger charge is -2.06. The molecule has 0 atom stereocenters. The van der Waals surface area contributed by atoms with Crippen molar-refractivity contribution in [3.05, 3.63) is 29.3 Å². The van der Waals surface area contributed by atoms with E-state index >= 15 is 0 Å². The number of Topliss-reactive ketones (excluding diaryl/α,β-unsaturated/α-hetero) is 1. The highest BCUT2D eigenvalue weighted by Gasteiger charge is 2.10. The summed E-state index contributed by atoms with van der Waals surface area (Å²) in [6.45, 7) is 1.84. The van der Waals surface area contributed by atoms with E-state index in [1.54, 1.807) is 25.3 Å². The molecule has 0 radical (unpaired) electrons. The van der Waals surface area contributed by atoms with Crippen LogP contribution >= 0.6 is 0 Å². The summed E-state index contributed by atoms with van der Waals surface area (Å²) >= 11 is 0. The second kappa shape index (κ2) is 6.03. The van der Waals surface area contributed by atoms with Crippen molar-refractivity contribution in [2.24, 2.45) is 0 Å². The molecule has 0 unspecified atom stereocenters. The molecule has 92 valence electrons. The standard InChI is InChI=1S/C13H16O4/c1-9-8-10(17-2)6-7-11(9)12(14)4-3-5-13(15)16/h6-8H,3-5H2,1-2H3,(H,15,16). The lowest BCUT2D eigenvalue weighted by atomic mass is 10.0. The summed E-state index contributed by atoms with van der Waals surface area (Å²) in [5.74, 6) is -0.180. The summed E-state index contributed by atoms with van der Waals surface area (Å²) < 4.78 is 5.05. The predicted octanol–water partition coefficient (Wildman–Crippen LogP) is 2.44. The Balaban J connectivity index is 2.66. The van der Waals surface area contributed by atoms with Crippen LogP contribution in [0.5, 0.6) is 5.75 Å². The van der Waals surface area contributed by atoms with E-state index < -0.39 is 5.97 Å². The summed E-state index contributed by atoms with van der Waals surface area (Å²) in [4.78, 5) is 22.2. The number of ether oxygens (including phenoxy) is 1. The first-order valence-corrected chi connectivity index (χ1v) is 5.44. The molecule has 17 heavy (non-hydrogen) atoms. The van der Waals surface area contributed by atoms with Crippen molar-refractivity contribution in [1.29, 1.82) is 0 Å². The molecule has 0 spiro atoms. The van der Waals surface area contributed by atoms with Gasteiger partial charge in [-0.25, -0.2) is 0 Å². The number of carboxylic acids is 1. The minimum atomic E-state index is -0.871. The third-order valence-electron chi connectivity index (χ3n) is 2.53. The average Bonchev–Trinajstić information content (AvgIpc) is 2.28. The largest absolute Gasteiger partial charge is 0.497 e. The molecule has 4 heteroatoms. The number of rotatable bonds is 6. The van der Waals surface area contributed by atoms with E-state index in [2.05, 4.69) is 0 Å². The number of carboxylic acid groups (broad SMARTS) is 1. The zero-order chi connectivity index (χ0) is 12.8. The molecule has 0 bridgehead atoms. The number of ketones is 1. The summed E-state index contributed by atoms with van der Waals surface area (Å²) in [5, 5.41) is 8.49. The number of carbonyl (C=O) groups excluding carboxylic acids is 1. The van der Waals surface area contributed by atoms with E-state index in [-0.39, 0.29) is 18.6 Å². The second-order valence-corrected chi connectivity index (χ2v) is 3.85. The van der Waals surface area contributed by atoms with E-state index in [1.165, 1.54) is 0 Å². The summed E-state index contributed by atoms with van der Waals surface area (Å²) in [7, 11) is 1.57. The molecule has 0 saturated heterocycles. The Morgan fingerprint density at radius 1 is 1.29 bits per heavy atom. The summed E-state index contributed by atoms with van der Waals surface area (Å²) in [6.07, 6.45) is 0.667. The van der Waals surface area contributed by atoms with E-state index in [0.29, 0.717) is 17.7 Å². The van der Waals surface area contributed by atoms with Crippen LogP contribution in [0.2, 0.25) is 0 Å². The first-order valence-electron chi connectivity index (χ1n) is 5.44. The third kappa shape index (κ3) is 3.90. The molecule has 0 saturated carbocycles. The van der Waals surface area contributed by atoms with Crippen LogP contribution in [0.3, 0.4) is 0 Å². The highest BCUT2D eigenvalue weighted by Crippen LogP contribution is 2.18. The molecule has 1 rings (SSSR count). The molecule has 1 aromatic rings. The zero-order valence-corrected chi connectivity index (χ0v) is 10.0. The van der Waals surface area contributed by atoms with Crippen LogP contribution in [0.25, 0.3) is 0 Å². The van der Waals surface area contributed by atoms with Crippen LogP contribution in [-0.2, 0) is 4.79 Å². The van der Waals surface area contributed by atoms with Crippen molar-refractivity contribution >= 4 is 11.8 Å². The molecule has 0 fully saturated rings. The van der Waals surface area contributed by atoms with Gasteiger partial charge in [0.2, 0.25) is 0 Å². The predicted molar refractivity (Wildman–Crippen MR) is 63.5 cm³/mol. The van der Waals surface area contributed by atoms with Gasteiger partial charge in [0.25, 0.3) is 0 Å². The summed E-state index contributed by atoms with van der Waals surface area (Å²) in [5.41, 5.74) is 1.49. The van der Waals surface area contributed by atoms with Gasteiger partial charge in [0.05, 0.1) is 7.11 Å². The number of aliphatic carboxylic acids is 1. The molecular weight excluding hydrogens is 220 g/mol. The van der Waals surface area contributed by atoms with Gasteiger partial charge >= 0.3 is 5.97 Å². The maximum absolute atomic E-state index is 11.8. The minimum absolute atomic E-state index is 0.0218. The van der Waals surface area contributed by atoms with Crippen LogP contribution in [0.15, 0.2) is 18.2 Å². The van der Waals surface area contributed by atoms with E-state index in [0.717, 1.165) is 5.56 Å². The molecule has 0 aromatic heterocycles. The minimum Gasteiger partial charge on any atom is -0.497 e. The number of benzene rings is 1. The fourth-order valence-electron chi connectivity index (χ4n) is 1.61. The monoisotopic (exact) mass is 236 g/mol. The van der Waals surface area contributed by atoms with Gasteiger partial charge in [-0.2, -0.15) is 0 Å². The van der Waals surface area contributed by atoms with Crippen LogP contribution < -0.4 is 4.74 Å². The molecule has 0 aliphatic heterocycles. The Labute approximate surface area is 100 Å². The lowest BCUT2D eigenvalue weighted by Crippen LogP contribution is -2.04. The fourth-order valence-corrected chi connectivity index (χ4v) is 1.61. The highest BCUT2D eigenvalue weighted by atomic mass is 16.5. The quantitative estimate of drug-likeness (QED) is 0.770. The van der Waals surface area contributed by atoms with Crippen molar-refractivity contribution in [2.75, 3.05) is 7.11 Å². The summed E-state index contributed by atoms with van der Waals surface area (Å²) in [6, 6.07) is 5.25. The van der Waals surface area contributed by atoms with Crippen LogP contribution in [-0.4, -0.2) is 24.0 Å². The van der Waals surface area contributed by atoms with Crippen LogP contribution in [0.4, 0.5) is 0 Å². The molecule has 1 aromatic carbocycles. The first-order chi connectivity index (χ1) is 8.04. The Kier molecular flexibility index (Phi) is 4.69. The topological polar surface area (TPSA) is 63.6 Å². The van der Waals surface area contributed by atoms with Crippen molar-refractivity contribution in [3.63, 3.8) is 0 Å². The number of hydrogen-bond donors (Lipinski definition) is 1. The van der Waals surface area contributed by atoms with Gasteiger partial charge in [0, 0.05) is 18.4 Å². The van der Waals surface area contributed by atoms with E-state index in [1.807, 2.05) is 6.92 Å². The van der Waals surface area contributed by atoms with Gasteiger partial charge in [0.15, 0.2) is 5.78 Å². The molecule has 4 nitrogen and oxygen atoms in total. The highest BCUT2D eigenvalue weighted by molar-refractivity contribution is 5.97. The first kappa shape index (κ1) is 13.2. The van der Waals surface area contributed by atoms with Crippen LogP contribution in [0.1, 0.15) is 35.2 Å². The Morgan fingerprint density at radius 3 is 2.53 bits per heavy atom. The number of hydrogen-bond acceptors (Lipinski definition) is 3. The number of methoxy groups -OCH3 is 1. The van der Waals surface area contributed by atoms with Gasteiger partial charge < -0.3 is 9.84 Å². The lowest BCUT2D eigenvalue weighted by molar-refractivity contribution is -0.137. The van der Waals surface area contributed by atoms with Crippen LogP contribution in [0, 0.1) is 6.92 Å². The maximum atomic E-state index is 11.8. The van der Waals surface area contributed by atoms with Gasteiger partial charge in [-0.15, -0.1) is 0 Å². The molecule has 1 N–H and O–H groups in total. The Morgan fingerprint density at radius 2 is 2.00 bits per heavy atom. The normalized spacial score (nSPS) is 10.0. The maximum Gasteiger partial charge on any atom is 0.303 e. The van der Waals surface area contributed by atoms with E-state index in [4.69, 9.17) is 9.84 Å². The average molecular weight is 236 g/mol. The SMILES string of the molecule is COc1ccc(C(=O)CCCC(=O)O)c(C)c1. The number of carbonyl (C=O) groups is 2. The molecule has 0 heterocycles. The van der Waals surface area contributed by atoms with Gasteiger partial charge in [-0.05, 0) is 37.1 Å². The molecule has 0 aliphatic carbocycles. The smallest absolute Gasteiger partial charge is 0.303 e. The van der Waals surface area contributed by atoms with E-state index in [9.17, 15) is 9.59 Å².